The van der Waals surface area contributed by atoms with Crippen molar-refractivity contribution >= 4 is 14.1 Å². The summed E-state index contributed by atoms with van der Waals surface area (Å²) in [5.74, 6) is 3.38. The van der Waals surface area contributed by atoms with Gasteiger partial charge in [0.05, 0.1) is 6.10 Å². The van der Waals surface area contributed by atoms with Gasteiger partial charge in [0.1, 0.15) is 5.78 Å². The molecular formula is C25H44O2Si. The Balaban J connectivity index is 1.56. The van der Waals surface area contributed by atoms with E-state index in [4.69, 9.17) is 4.43 Å². The zero-order chi connectivity index (χ0) is 20.5. The van der Waals surface area contributed by atoms with E-state index in [9.17, 15) is 4.79 Å². The number of carbonyl (C=O) groups is 1. The predicted molar refractivity (Wildman–Crippen MR) is 119 cm³/mol. The van der Waals surface area contributed by atoms with E-state index in [0.29, 0.717) is 23.2 Å². The summed E-state index contributed by atoms with van der Waals surface area (Å²) in [6.45, 7) is 17.0. The maximum atomic E-state index is 12.7. The van der Waals surface area contributed by atoms with Gasteiger partial charge in [-0.15, -0.1) is 0 Å². The molecule has 4 rings (SSSR count). The Hall–Kier alpha value is -0.153. The molecule has 160 valence electrons. The highest BCUT2D eigenvalue weighted by Crippen LogP contribution is 2.66. The Morgan fingerprint density at radius 3 is 2.29 bits per heavy atom. The van der Waals surface area contributed by atoms with Gasteiger partial charge in [-0.25, -0.2) is 0 Å². The van der Waals surface area contributed by atoms with E-state index in [1.165, 1.54) is 38.5 Å². The molecule has 4 fully saturated rings. The molecule has 7 atom stereocenters. The van der Waals surface area contributed by atoms with Crippen LogP contribution in [0.1, 0.15) is 92.4 Å². The van der Waals surface area contributed by atoms with Gasteiger partial charge < -0.3 is 4.43 Å². The van der Waals surface area contributed by atoms with Crippen molar-refractivity contribution in [1.82, 2.24) is 0 Å². The van der Waals surface area contributed by atoms with E-state index in [0.717, 1.165) is 37.0 Å². The monoisotopic (exact) mass is 404 g/mol. The maximum Gasteiger partial charge on any atom is 0.192 e. The molecule has 0 bridgehead atoms. The molecule has 0 N–H and O–H groups in total. The van der Waals surface area contributed by atoms with E-state index < -0.39 is 8.32 Å². The largest absolute Gasteiger partial charge is 0.413 e. The summed E-state index contributed by atoms with van der Waals surface area (Å²) in [5.41, 5.74) is 0.649. The van der Waals surface area contributed by atoms with Crippen molar-refractivity contribution in [3.8, 4) is 0 Å². The van der Waals surface area contributed by atoms with Gasteiger partial charge in [0.2, 0.25) is 0 Å². The molecule has 0 spiro atoms. The number of fused-ring (bicyclic) bond motifs is 5. The van der Waals surface area contributed by atoms with Crippen molar-refractivity contribution in [2.75, 3.05) is 0 Å². The molecule has 0 heterocycles. The molecule has 4 unspecified atom stereocenters. The van der Waals surface area contributed by atoms with Gasteiger partial charge in [-0.1, -0.05) is 34.6 Å². The number of hydrogen-bond donors (Lipinski definition) is 0. The molecule has 4 aliphatic rings. The zero-order valence-electron chi connectivity index (χ0n) is 19.6. The topological polar surface area (TPSA) is 26.3 Å². The van der Waals surface area contributed by atoms with Gasteiger partial charge >= 0.3 is 0 Å². The van der Waals surface area contributed by atoms with E-state index in [1.807, 2.05) is 0 Å². The fourth-order valence-corrected chi connectivity index (χ4v) is 9.29. The van der Waals surface area contributed by atoms with Gasteiger partial charge in [0.25, 0.3) is 0 Å². The highest BCUT2D eigenvalue weighted by atomic mass is 28.4. The number of carbonyl (C=O) groups excluding carboxylic acids is 1. The number of rotatable bonds is 2. The molecular weight excluding hydrogens is 360 g/mol. The normalized spacial score (nSPS) is 46.7. The third kappa shape index (κ3) is 3.01. The second-order valence-electron chi connectivity index (χ2n) is 12.8. The summed E-state index contributed by atoms with van der Waals surface area (Å²) >= 11 is 0. The maximum absolute atomic E-state index is 12.7. The predicted octanol–water partition coefficient (Wildman–Crippen LogP) is 6.99. The van der Waals surface area contributed by atoms with Crippen LogP contribution in [0.2, 0.25) is 18.1 Å². The van der Waals surface area contributed by atoms with Crippen molar-refractivity contribution in [2.45, 2.75) is 117 Å². The van der Waals surface area contributed by atoms with Crippen LogP contribution >= 0.6 is 0 Å². The lowest BCUT2D eigenvalue weighted by atomic mass is 9.45. The van der Waals surface area contributed by atoms with Gasteiger partial charge in [-0.2, -0.15) is 0 Å². The Labute approximate surface area is 174 Å². The van der Waals surface area contributed by atoms with Crippen LogP contribution in [-0.2, 0) is 9.22 Å². The third-order valence-corrected chi connectivity index (χ3v) is 15.0. The number of ketones is 1. The number of hydrogen-bond acceptors (Lipinski definition) is 2. The van der Waals surface area contributed by atoms with Crippen molar-refractivity contribution in [3.63, 3.8) is 0 Å². The lowest BCUT2D eigenvalue weighted by Crippen LogP contribution is -2.56. The molecule has 0 saturated heterocycles. The molecule has 4 aliphatic carbocycles. The molecule has 0 aliphatic heterocycles. The lowest BCUT2D eigenvalue weighted by Gasteiger charge is -2.60. The van der Waals surface area contributed by atoms with Crippen LogP contribution in [0.3, 0.4) is 0 Å². The molecule has 3 heteroatoms. The summed E-state index contributed by atoms with van der Waals surface area (Å²) in [6, 6.07) is 0. The Morgan fingerprint density at radius 1 is 0.929 bits per heavy atom. The first-order chi connectivity index (χ1) is 12.9. The summed E-state index contributed by atoms with van der Waals surface area (Å²) < 4.78 is 7.05. The Morgan fingerprint density at radius 2 is 1.61 bits per heavy atom. The smallest absolute Gasteiger partial charge is 0.192 e. The first-order valence-electron chi connectivity index (χ1n) is 12.1. The molecule has 0 amide bonds. The quantitative estimate of drug-likeness (QED) is 0.464. The summed E-state index contributed by atoms with van der Waals surface area (Å²) in [6.07, 6.45) is 11.4. The van der Waals surface area contributed by atoms with Crippen molar-refractivity contribution < 1.29 is 9.22 Å². The van der Waals surface area contributed by atoms with Gasteiger partial charge in [0, 0.05) is 12.3 Å². The Kier molecular flexibility index (Phi) is 5.03. The van der Waals surface area contributed by atoms with Crippen LogP contribution in [0, 0.1) is 34.5 Å². The van der Waals surface area contributed by atoms with Crippen LogP contribution in [0.25, 0.3) is 0 Å². The van der Waals surface area contributed by atoms with Gasteiger partial charge in [-0.05, 0) is 98.1 Å². The number of Topliss-reactive ketones (excluding diaryl/α,β-unsaturated/α-hetero) is 1. The Bertz CT molecular complexity index is 635. The summed E-state index contributed by atoms with van der Waals surface area (Å²) in [5, 5.41) is 0.284. The minimum Gasteiger partial charge on any atom is -0.413 e. The average molecular weight is 405 g/mol. The van der Waals surface area contributed by atoms with E-state index in [2.05, 4.69) is 47.7 Å². The molecule has 0 aromatic rings. The minimum atomic E-state index is -1.73. The second-order valence-corrected chi connectivity index (χ2v) is 17.6. The van der Waals surface area contributed by atoms with Crippen molar-refractivity contribution in [3.05, 3.63) is 0 Å². The SMILES string of the molecule is CC(C)(C)[Si](C)(C)OC1CCC2[C@@H]3CCC4C(=O)CCC[C@]4(C)C3CC[C@]12C. The highest BCUT2D eigenvalue weighted by Gasteiger charge is 2.61. The van der Waals surface area contributed by atoms with Gasteiger partial charge in [-0.3, -0.25) is 4.79 Å². The second kappa shape index (κ2) is 6.67. The summed E-state index contributed by atoms with van der Waals surface area (Å²) in [7, 11) is -1.73. The van der Waals surface area contributed by atoms with Gasteiger partial charge in [0.15, 0.2) is 8.32 Å². The first-order valence-corrected chi connectivity index (χ1v) is 15.0. The van der Waals surface area contributed by atoms with Crippen LogP contribution in [0.4, 0.5) is 0 Å². The van der Waals surface area contributed by atoms with E-state index >= 15 is 0 Å². The molecule has 0 aromatic carbocycles. The minimum absolute atomic E-state index is 0.284. The van der Waals surface area contributed by atoms with E-state index in [1.54, 1.807) is 0 Å². The molecule has 4 saturated carbocycles. The standard InChI is InChI=1S/C25H44O2Si/c1-23(2,3)28(6,7)27-22-13-12-18-17-10-11-20-21(26)9-8-15-24(20,4)19(17)14-16-25(18,22)5/h17-20,22H,8-16H2,1-7H3/t17-,18?,19?,20?,22?,24+,25-/m0/s1. The fourth-order valence-electron chi connectivity index (χ4n) is 7.84. The summed E-state index contributed by atoms with van der Waals surface area (Å²) in [4.78, 5) is 12.7. The molecule has 2 nitrogen and oxygen atoms in total. The highest BCUT2D eigenvalue weighted by molar-refractivity contribution is 6.74. The van der Waals surface area contributed by atoms with Crippen molar-refractivity contribution in [2.24, 2.45) is 34.5 Å². The fraction of sp³-hybridized carbons (Fsp3) is 0.960. The third-order valence-electron chi connectivity index (χ3n) is 10.6. The van der Waals surface area contributed by atoms with Crippen LogP contribution < -0.4 is 0 Å². The molecule has 28 heavy (non-hydrogen) atoms. The van der Waals surface area contributed by atoms with Crippen LogP contribution in [-0.4, -0.2) is 20.2 Å². The molecule has 0 aromatic heterocycles. The lowest BCUT2D eigenvalue weighted by molar-refractivity contribution is -0.150. The average Bonchev–Trinajstić information content (AvgIpc) is 2.90. The van der Waals surface area contributed by atoms with Crippen LogP contribution in [0.15, 0.2) is 0 Å². The van der Waals surface area contributed by atoms with Crippen LogP contribution in [0.5, 0.6) is 0 Å². The van der Waals surface area contributed by atoms with Crippen molar-refractivity contribution in [1.29, 1.82) is 0 Å². The zero-order valence-corrected chi connectivity index (χ0v) is 20.6. The van der Waals surface area contributed by atoms with E-state index in [-0.39, 0.29) is 10.5 Å². The first kappa shape index (κ1) is 21.1. The molecule has 0 radical (unpaired) electrons.